The van der Waals surface area contributed by atoms with Gasteiger partial charge in [0.05, 0.1) is 0 Å². The van der Waals surface area contributed by atoms with E-state index in [1.165, 1.54) is 75.8 Å². The van der Waals surface area contributed by atoms with E-state index in [0.29, 0.717) is 0 Å². The SMILES string of the molecule is C(#Cc1ccc(CC2CCN(Cc3ccccc3)CC2)cc1)CCN1CCCCC1. The highest BCUT2D eigenvalue weighted by atomic mass is 15.1. The summed E-state index contributed by atoms with van der Waals surface area (Å²) in [5.41, 5.74) is 4.06. The van der Waals surface area contributed by atoms with Gasteiger partial charge < -0.3 is 4.90 Å². The first-order valence-corrected chi connectivity index (χ1v) is 11.9. The lowest BCUT2D eigenvalue weighted by atomic mass is 9.90. The van der Waals surface area contributed by atoms with Gasteiger partial charge >= 0.3 is 0 Å². The van der Waals surface area contributed by atoms with Crippen molar-refractivity contribution >= 4 is 0 Å². The van der Waals surface area contributed by atoms with Gasteiger partial charge in [-0.25, -0.2) is 0 Å². The average molecular weight is 401 g/mol. The number of likely N-dealkylation sites (tertiary alicyclic amines) is 2. The summed E-state index contributed by atoms with van der Waals surface area (Å²) in [6, 6.07) is 19.9. The molecule has 0 unspecified atom stereocenters. The summed E-state index contributed by atoms with van der Waals surface area (Å²) >= 11 is 0. The van der Waals surface area contributed by atoms with E-state index in [1.54, 1.807) is 0 Å². The lowest BCUT2D eigenvalue weighted by Crippen LogP contribution is -2.33. The molecule has 2 nitrogen and oxygen atoms in total. The number of hydrogen-bond acceptors (Lipinski definition) is 2. The highest BCUT2D eigenvalue weighted by molar-refractivity contribution is 5.36. The maximum absolute atomic E-state index is 3.38. The van der Waals surface area contributed by atoms with Crippen molar-refractivity contribution < 1.29 is 0 Å². The van der Waals surface area contributed by atoms with Gasteiger partial charge in [0, 0.05) is 25.1 Å². The minimum atomic E-state index is 0.818. The largest absolute Gasteiger partial charge is 0.302 e. The molecule has 0 amide bonds. The van der Waals surface area contributed by atoms with Crippen LogP contribution in [0.15, 0.2) is 54.6 Å². The van der Waals surface area contributed by atoms with E-state index in [4.69, 9.17) is 0 Å². The average Bonchev–Trinajstić information content (AvgIpc) is 2.80. The Morgan fingerprint density at radius 3 is 2.20 bits per heavy atom. The molecule has 30 heavy (non-hydrogen) atoms. The highest BCUT2D eigenvalue weighted by Crippen LogP contribution is 2.23. The molecule has 2 aromatic carbocycles. The van der Waals surface area contributed by atoms with Gasteiger partial charge in [0.1, 0.15) is 0 Å². The fourth-order valence-electron chi connectivity index (χ4n) is 4.81. The van der Waals surface area contributed by atoms with Crippen LogP contribution in [0, 0.1) is 17.8 Å². The summed E-state index contributed by atoms with van der Waals surface area (Å²) in [7, 11) is 0. The Morgan fingerprint density at radius 2 is 1.47 bits per heavy atom. The Morgan fingerprint density at radius 1 is 0.733 bits per heavy atom. The van der Waals surface area contributed by atoms with Crippen molar-refractivity contribution in [3.05, 3.63) is 71.3 Å². The van der Waals surface area contributed by atoms with Crippen molar-refractivity contribution in [2.24, 2.45) is 5.92 Å². The summed E-state index contributed by atoms with van der Waals surface area (Å²) in [6.07, 6.45) is 8.95. The fraction of sp³-hybridized carbons (Fsp3) is 0.500. The zero-order valence-electron chi connectivity index (χ0n) is 18.4. The number of nitrogens with zero attached hydrogens (tertiary/aromatic N) is 2. The first kappa shape index (κ1) is 21.2. The molecular formula is C28H36N2. The predicted molar refractivity (Wildman–Crippen MR) is 126 cm³/mol. The Bertz CT molecular complexity index is 801. The Balaban J connectivity index is 1.17. The minimum Gasteiger partial charge on any atom is -0.302 e. The quantitative estimate of drug-likeness (QED) is 0.602. The normalized spacial score (nSPS) is 18.7. The van der Waals surface area contributed by atoms with Crippen LogP contribution in [0.25, 0.3) is 0 Å². The van der Waals surface area contributed by atoms with Crippen molar-refractivity contribution in [3.63, 3.8) is 0 Å². The number of rotatable bonds is 6. The molecule has 2 saturated heterocycles. The van der Waals surface area contributed by atoms with Crippen LogP contribution in [0.4, 0.5) is 0 Å². The van der Waals surface area contributed by atoms with E-state index in [9.17, 15) is 0 Å². The second-order valence-electron chi connectivity index (χ2n) is 9.06. The topological polar surface area (TPSA) is 6.48 Å². The van der Waals surface area contributed by atoms with Crippen LogP contribution in [-0.2, 0) is 13.0 Å². The van der Waals surface area contributed by atoms with Crippen molar-refractivity contribution in [1.82, 2.24) is 9.80 Å². The second-order valence-corrected chi connectivity index (χ2v) is 9.06. The molecule has 0 radical (unpaired) electrons. The van der Waals surface area contributed by atoms with Crippen LogP contribution in [0.2, 0.25) is 0 Å². The highest BCUT2D eigenvalue weighted by Gasteiger charge is 2.19. The molecule has 0 N–H and O–H groups in total. The molecule has 0 spiro atoms. The van der Waals surface area contributed by atoms with Gasteiger partial charge in [-0.2, -0.15) is 0 Å². The minimum absolute atomic E-state index is 0.818. The zero-order valence-corrected chi connectivity index (χ0v) is 18.4. The van der Waals surface area contributed by atoms with Gasteiger partial charge in [0.25, 0.3) is 0 Å². The number of hydrogen-bond donors (Lipinski definition) is 0. The van der Waals surface area contributed by atoms with E-state index in [-0.39, 0.29) is 0 Å². The third-order valence-electron chi connectivity index (χ3n) is 6.67. The molecule has 2 aliphatic rings. The summed E-state index contributed by atoms with van der Waals surface area (Å²) in [5.74, 6) is 7.56. The summed E-state index contributed by atoms with van der Waals surface area (Å²) in [4.78, 5) is 5.17. The molecule has 0 aliphatic carbocycles. The van der Waals surface area contributed by atoms with Crippen LogP contribution >= 0.6 is 0 Å². The van der Waals surface area contributed by atoms with Crippen LogP contribution in [-0.4, -0.2) is 42.5 Å². The standard InChI is InChI=1S/C28H36N2/c1-3-10-28(11-4-1)24-30-21-16-27(17-22-30)23-26-14-12-25(13-15-26)9-5-8-20-29-18-6-2-7-19-29/h1,3-4,10-15,27H,2,6-8,16-24H2. The van der Waals surface area contributed by atoms with Crippen LogP contribution < -0.4 is 0 Å². The lowest BCUT2D eigenvalue weighted by molar-refractivity contribution is 0.177. The van der Waals surface area contributed by atoms with Crippen molar-refractivity contribution in [2.45, 2.75) is 51.5 Å². The Labute approximate surface area is 183 Å². The molecule has 2 heteroatoms. The van der Waals surface area contributed by atoms with E-state index in [2.05, 4.69) is 76.2 Å². The summed E-state index contributed by atoms with van der Waals surface area (Å²) in [5, 5.41) is 0. The fourth-order valence-corrected chi connectivity index (χ4v) is 4.81. The molecule has 0 bridgehead atoms. The van der Waals surface area contributed by atoms with Gasteiger partial charge in [-0.3, -0.25) is 4.90 Å². The molecular weight excluding hydrogens is 364 g/mol. The van der Waals surface area contributed by atoms with Gasteiger partial charge in [-0.05, 0) is 87.5 Å². The monoisotopic (exact) mass is 400 g/mol. The Hall–Kier alpha value is -2.08. The van der Waals surface area contributed by atoms with E-state index < -0.39 is 0 Å². The van der Waals surface area contributed by atoms with Crippen LogP contribution in [0.5, 0.6) is 0 Å². The molecule has 2 aromatic rings. The Kier molecular flexibility index (Phi) is 8.01. The third kappa shape index (κ3) is 6.73. The lowest BCUT2D eigenvalue weighted by Gasteiger charge is -2.32. The maximum atomic E-state index is 3.38. The summed E-state index contributed by atoms with van der Waals surface area (Å²) in [6.45, 7) is 7.20. The first-order valence-electron chi connectivity index (χ1n) is 11.9. The molecule has 158 valence electrons. The number of piperidine rings is 2. The molecule has 4 rings (SSSR count). The van der Waals surface area contributed by atoms with E-state index >= 15 is 0 Å². The molecule has 0 saturated carbocycles. The predicted octanol–water partition coefficient (Wildman–Crippen LogP) is 5.37. The third-order valence-corrected chi connectivity index (χ3v) is 6.67. The smallest absolute Gasteiger partial charge is 0.0245 e. The zero-order chi connectivity index (χ0) is 20.4. The molecule has 0 atom stereocenters. The molecule has 0 aromatic heterocycles. The number of benzene rings is 2. The van der Waals surface area contributed by atoms with Gasteiger partial charge in [0.2, 0.25) is 0 Å². The van der Waals surface area contributed by atoms with Gasteiger partial charge in [0.15, 0.2) is 0 Å². The van der Waals surface area contributed by atoms with Gasteiger partial charge in [-0.15, -0.1) is 0 Å². The molecule has 2 fully saturated rings. The summed E-state index contributed by atoms with van der Waals surface area (Å²) < 4.78 is 0. The molecule has 2 heterocycles. The van der Waals surface area contributed by atoms with E-state index in [1.807, 2.05) is 0 Å². The maximum Gasteiger partial charge on any atom is 0.0245 e. The van der Waals surface area contributed by atoms with Crippen molar-refractivity contribution in [2.75, 3.05) is 32.7 Å². The van der Waals surface area contributed by atoms with Crippen LogP contribution in [0.1, 0.15) is 55.2 Å². The molecule has 2 aliphatic heterocycles. The van der Waals surface area contributed by atoms with Gasteiger partial charge in [-0.1, -0.05) is 60.7 Å². The second kappa shape index (κ2) is 11.3. The van der Waals surface area contributed by atoms with Crippen molar-refractivity contribution in [1.29, 1.82) is 0 Å². The first-order chi connectivity index (χ1) is 14.8. The van der Waals surface area contributed by atoms with Crippen molar-refractivity contribution in [3.8, 4) is 11.8 Å². The van der Waals surface area contributed by atoms with Crippen LogP contribution in [0.3, 0.4) is 0 Å². The van der Waals surface area contributed by atoms with E-state index in [0.717, 1.165) is 31.0 Å².